The summed E-state index contributed by atoms with van der Waals surface area (Å²) in [6.45, 7) is 0. The molecule has 0 bridgehead atoms. The molecule has 100 valence electrons. The summed E-state index contributed by atoms with van der Waals surface area (Å²) in [7, 11) is 0. The van der Waals surface area contributed by atoms with Crippen LogP contribution in [0, 0.1) is 0 Å². The van der Waals surface area contributed by atoms with E-state index in [1.54, 1.807) is 36.5 Å². The van der Waals surface area contributed by atoms with Gasteiger partial charge < -0.3 is 4.74 Å². The highest BCUT2D eigenvalue weighted by atomic mass is 35.5. The maximum atomic E-state index is 6.26. The van der Waals surface area contributed by atoms with E-state index in [4.69, 9.17) is 27.9 Å². The van der Waals surface area contributed by atoms with E-state index in [0.717, 1.165) is 11.3 Å². The van der Waals surface area contributed by atoms with Crippen LogP contribution >= 0.6 is 23.2 Å². The average molecular weight is 305 g/mol. The fraction of sp³-hybridized carbons (Fsp3) is 0. The van der Waals surface area contributed by atoms with Gasteiger partial charge in [0.2, 0.25) is 0 Å². The van der Waals surface area contributed by atoms with E-state index in [9.17, 15) is 0 Å². The van der Waals surface area contributed by atoms with Crippen LogP contribution in [0.3, 0.4) is 0 Å². The second-order valence-electron chi connectivity index (χ2n) is 4.17. The second-order valence-corrected chi connectivity index (χ2v) is 5.01. The lowest BCUT2D eigenvalue weighted by atomic mass is 10.1. The molecule has 1 aromatic heterocycles. The standard InChI is InChI=1S/C15H10Cl2N2O/c16-10-1-3-11(4-2-10)20-12-5-6-13(14(17)9-12)15-7-8-18-19-15/h1-9H,(H,18,19). The smallest absolute Gasteiger partial charge is 0.128 e. The predicted molar refractivity (Wildman–Crippen MR) is 80.6 cm³/mol. The summed E-state index contributed by atoms with van der Waals surface area (Å²) in [4.78, 5) is 0. The Morgan fingerprint density at radius 1 is 0.900 bits per heavy atom. The number of aromatic nitrogens is 2. The molecule has 0 amide bonds. The van der Waals surface area contributed by atoms with Crippen LogP contribution in [0.5, 0.6) is 11.5 Å². The number of benzene rings is 2. The molecule has 3 aromatic rings. The number of hydrogen-bond donors (Lipinski definition) is 1. The Balaban J connectivity index is 1.85. The molecule has 0 atom stereocenters. The van der Waals surface area contributed by atoms with Crippen LogP contribution in [0.4, 0.5) is 0 Å². The lowest BCUT2D eigenvalue weighted by Gasteiger charge is -2.08. The monoisotopic (exact) mass is 304 g/mol. The molecule has 0 radical (unpaired) electrons. The zero-order chi connectivity index (χ0) is 13.9. The Morgan fingerprint density at radius 2 is 1.65 bits per heavy atom. The predicted octanol–water partition coefficient (Wildman–Crippen LogP) is 5.18. The molecule has 3 nitrogen and oxygen atoms in total. The largest absolute Gasteiger partial charge is 0.457 e. The van der Waals surface area contributed by atoms with Crippen molar-refractivity contribution < 1.29 is 4.74 Å². The molecule has 20 heavy (non-hydrogen) atoms. The number of ether oxygens (including phenoxy) is 1. The number of nitrogens with one attached hydrogen (secondary N) is 1. The summed E-state index contributed by atoms with van der Waals surface area (Å²) in [6.07, 6.45) is 1.68. The normalized spacial score (nSPS) is 10.5. The van der Waals surface area contributed by atoms with E-state index in [1.807, 2.05) is 18.2 Å². The molecule has 0 fully saturated rings. The lowest BCUT2D eigenvalue weighted by molar-refractivity contribution is 0.483. The minimum absolute atomic E-state index is 0.598. The quantitative estimate of drug-likeness (QED) is 0.724. The Morgan fingerprint density at radius 3 is 2.30 bits per heavy atom. The van der Waals surface area contributed by atoms with Crippen LogP contribution in [0.15, 0.2) is 54.7 Å². The minimum atomic E-state index is 0.598. The van der Waals surface area contributed by atoms with Crippen molar-refractivity contribution >= 4 is 23.2 Å². The molecule has 1 heterocycles. The average Bonchev–Trinajstić information content (AvgIpc) is 2.95. The summed E-state index contributed by atoms with van der Waals surface area (Å²) >= 11 is 12.1. The Labute approximate surface area is 126 Å². The van der Waals surface area contributed by atoms with Gasteiger partial charge in [0.1, 0.15) is 11.5 Å². The first kappa shape index (κ1) is 13.0. The maximum Gasteiger partial charge on any atom is 0.128 e. The molecule has 0 saturated heterocycles. The summed E-state index contributed by atoms with van der Waals surface area (Å²) in [5.41, 5.74) is 1.75. The van der Waals surface area contributed by atoms with E-state index >= 15 is 0 Å². The maximum absolute atomic E-state index is 6.26. The molecular weight excluding hydrogens is 295 g/mol. The van der Waals surface area contributed by atoms with E-state index in [-0.39, 0.29) is 0 Å². The van der Waals surface area contributed by atoms with E-state index in [2.05, 4.69) is 10.2 Å². The molecule has 3 rings (SSSR count). The van der Waals surface area contributed by atoms with Gasteiger partial charge in [0.15, 0.2) is 0 Å². The Bertz CT molecular complexity index is 709. The SMILES string of the molecule is Clc1ccc(Oc2ccc(-c3ccn[nH]3)c(Cl)c2)cc1. The number of halogens is 2. The summed E-state index contributed by atoms with van der Waals surface area (Å²) in [5.74, 6) is 1.38. The number of hydrogen-bond acceptors (Lipinski definition) is 2. The fourth-order valence-corrected chi connectivity index (χ4v) is 2.22. The summed E-state index contributed by atoms with van der Waals surface area (Å²) < 4.78 is 5.72. The number of aromatic amines is 1. The van der Waals surface area contributed by atoms with Gasteiger partial charge >= 0.3 is 0 Å². The van der Waals surface area contributed by atoms with Crippen molar-refractivity contribution in [3.8, 4) is 22.8 Å². The third-order valence-electron chi connectivity index (χ3n) is 2.78. The van der Waals surface area contributed by atoms with Crippen LogP contribution in [-0.4, -0.2) is 10.2 Å². The molecule has 0 aliphatic carbocycles. The number of H-pyrrole nitrogens is 1. The first-order valence-corrected chi connectivity index (χ1v) is 6.71. The van der Waals surface area contributed by atoms with Gasteiger partial charge in [-0.3, -0.25) is 5.10 Å². The van der Waals surface area contributed by atoms with Crippen LogP contribution in [0.25, 0.3) is 11.3 Å². The van der Waals surface area contributed by atoms with Crippen molar-refractivity contribution in [1.82, 2.24) is 10.2 Å². The van der Waals surface area contributed by atoms with Gasteiger partial charge in [-0.15, -0.1) is 0 Å². The van der Waals surface area contributed by atoms with Crippen LogP contribution in [0.1, 0.15) is 0 Å². The molecule has 0 spiro atoms. The first-order chi connectivity index (χ1) is 9.72. The molecule has 0 aliphatic heterocycles. The van der Waals surface area contributed by atoms with Gasteiger partial charge in [0, 0.05) is 22.8 Å². The molecule has 2 aromatic carbocycles. The lowest BCUT2D eigenvalue weighted by Crippen LogP contribution is -1.86. The first-order valence-electron chi connectivity index (χ1n) is 5.95. The van der Waals surface area contributed by atoms with Crippen molar-refractivity contribution in [1.29, 1.82) is 0 Å². The van der Waals surface area contributed by atoms with Crippen molar-refractivity contribution in [3.05, 3.63) is 64.8 Å². The third-order valence-corrected chi connectivity index (χ3v) is 3.35. The molecule has 0 saturated carbocycles. The molecule has 0 unspecified atom stereocenters. The highest BCUT2D eigenvalue weighted by molar-refractivity contribution is 6.33. The van der Waals surface area contributed by atoms with Crippen molar-refractivity contribution in [2.75, 3.05) is 0 Å². The van der Waals surface area contributed by atoms with Crippen molar-refractivity contribution in [3.63, 3.8) is 0 Å². The van der Waals surface area contributed by atoms with Gasteiger partial charge in [-0.25, -0.2) is 0 Å². The fourth-order valence-electron chi connectivity index (χ4n) is 1.82. The Kier molecular flexibility index (Phi) is 3.63. The highest BCUT2D eigenvalue weighted by Gasteiger charge is 2.07. The van der Waals surface area contributed by atoms with Crippen molar-refractivity contribution in [2.24, 2.45) is 0 Å². The molecule has 0 aliphatic rings. The van der Waals surface area contributed by atoms with Crippen LogP contribution in [0.2, 0.25) is 10.0 Å². The van der Waals surface area contributed by atoms with E-state index in [1.165, 1.54) is 0 Å². The van der Waals surface area contributed by atoms with E-state index in [0.29, 0.717) is 21.5 Å². The van der Waals surface area contributed by atoms with Crippen LogP contribution < -0.4 is 4.74 Å². The van der Waals surface area contributed by atoms with Crippen molar-refractivity contribution in [2.45, 2.75) is 0 Å². The molecule has 1 N–H and O–H groups in total. The number of nitrogens with zero attached hydrogens (tertiary/aromatic N) is 1. The molecule has 5 heteroatoms. The number of rotatable bonds is 3. The van der Waals surface area contributed by atoms with Gasteiger partial charge in [0.25, 0.3) is 0 Å². The van der Waals surface area contributed by atoms with Gasteiger partial charge in [-0.05, 0) is 42.5 Å². The third kappa shape index (κ3) is 2.79. The van der Waals surface area contributed by atoms with Gasteiger partial charge in [0.05, 0.1) is 10.7 Å². The highest BCUT2D eigenvalue weighted by Crippen LogP contribution is 2.32. The molecular formula is C15H10Cl2N2O. The zero-order valence-corrected chi connectivity index (χ0v) is 11.8. The minimum Gasteiger partial charge on any atom is -0.457 e. The van der Waals surface area contributed by atoms with E-state index < -0.39 is 0 Å². The second kappa shape index (κ2) is 5.57. The topological polar surface area (TPSA) is 37.9 Å². The van der Waals surface area contributed by atoms with Gasteiger partial charge in [-0.2, -0.15) is 5.10 Å². The zero-order valence-electron chi connectivity index (χ0n) is 10.3. The van der Waals surface area contributed by atoms with Gasteiger partial charge in [-0.1, -0.05) is 23.2 Å². The summed E-state index contributed by atoms with van der Waals surface area (Å²) in [5, 5.41) is 8.06. The Hall–Kier alpha value is -1.97. The summed E-state index contributed by atoms with van der Waals surface area (Å²) in [6, 6.07) is 14.5. The van der Waals surface area contributed by atoms with Crippen LogP contribution in [-0.2, 0) is 0 Å².